The third-order valence-corrected chi connectivity index (χ3v) is 5.69. The van der Waals surface area contributed by atoms with E-state index in [9.17, 15) is 9.59 Å². The van der Waals surface area contributed by atoms with Crippen LogP contribution in [0.25, 0.3) is 0 Å². The monoisotopic (exact) mass is 372 g/mol. The number of fused-ring (bicyclic) bond motifs is 1. The Hall–Kier alpha value is -2.54. The van der Waals surface area contributed by atoms with Crippen LogP contribution < -0.4 is 4.74 Å². The number of allylic oxidation sites excluding steroid dienone is 3. The van der Waals surface area contributed by atoms with Crippen LogP contribution in [0.1, 0.15) is 32.4 Å². The van der Waals surface area contributed by atoms with Crippen molar-refractivity contribution in [2.75, 3.05) is 14.2 Å². The van der Waals surface area contributed by atoms with Crippen molar-refractivity contribution < 1.29 is 19.1 Å². The number of ether oxygens (including phenoxy) is 2. The Balaban J connectivity index is 2.18. The van der Waals surface area contributed by atoms with Gasteiger partial charge in [0.25, 0.3) is 0 Å². The van der Waals surface area contributed by atoms with Crippen LogP contribution in [0.4, 0.5) is 0 Å². The average molecular weight is 372 g/mol. The van der Waals surface area contributed by atoms with Crippen molar-refractivity contribution in [2.45, 2.75) is 26.8 Å². The molecule has 2 aliphatic rings. The fraction of sp³-hybridized carbons (Fsp3) is 0.316. The normalized spacial score (nSPS) is 19.3. The van der Waals surface area contributed by atoms with E-state index in [-0.39, 0.29) is 5.78 Å². The van der Waals surface area contributed by atoms with Gasteiger partial charge in [0.2, 0.25) is 0 Å². The predicted molar refractivity (Wildman–Crippen MR) is 101 cm³/mol. The molecule has 1 atom stereocenters. The van der Waals surface area contributed by atoms with Gasteiger partial charge in [-0.3, -0.25) is 4.79 Å². The van der Waals surface area contributed by atoms with Crippen molar-refractivity contribution >= 4 is 28.7 Å². The Morgan fingerprint density at radius 3 is 2.35 bits per heavy atom. The number of amidine groups is 1. The van der Waals surface area contributed by atoms with Gasteiger partial charge in [-0.2, -0.15) is 0 Å². The standard InChI is InChI=1S/C19H20N2O4S/c1-10-15(18(23)25-5)16(13-6-8-14(24-4)9-7-13)21-11(2)17(12(3)22)26-19(21)20-10/h6-9,16H,1-5H3/t16-/m1/s1. The molecule has 6 nitrogen and oxygen atoms in total. The second-order valence-corrected chi connectivity index (χ2v) is 6.98. The lowest BCUT2D eigenvalue weighted by molar-refractivity contribution is -0.136. The van der Waals surface area contributed by atoms with Gasteiger partial charge in [-0.1, -0.05) is 12.1 Å². The van der Waals surface area contributed by atoms with Crippen LogP contribution in [-0.2, 0) is 14.3 Å². The number of rotatable bonds is 4. The third kappa shape index (κ3) is 2.92. The largest absolute Gasteiger partial charge is 0.497 e. The van der Waals surface area contributed by atoms with E-state index in [0.717, 1.165) is 17.0 Å². The Bertz CT molecular complexity index is 868. The summed E-state index contributed by atoms with van der Waals surface area (Å²) in [6, 6.07) is 7.10. The number of ketones is 1. The number of nitrogens with zero attached hydrogens (tertiary/aromatic N) is 2. The molecule has 0 N–H and O–H groups in total. The van der Waals surface area contributed by atoms with Crippen molar-refractivity contribution in [2.24, 2.45) is 4.99 Å². The number of thioether (sulfide) groups is 1. The Labute approximate surface area is 156 Å². The number of hydrogen-bond acceptors (Lipinski definition) is 7. The Morgan fingerprint density at radius 1 is 1.15 bits per heavy atom. The third-order valence-electron chi connectivity index (χ3n) is 4.43. The van der Waals surface area contributed by atoms with E-state index in [4.69, 9.17) is 9.47 Å². The average Bonchev–Trinajstić information content (AvgIpc) is 2.96. The summed E-state index contributed by atoms with van der Waals surface area (Å²) in [4.78, 5) is 31.6. The van der Waals surface area contributed by atoms with Crippen molar-refractivity contribution in [1.29, 1.82) is 0 Å². The van der Waals surface area contributed by atoms with Crippen LogP contribution in [-0.4, -0.2) is 36.0 Å². The quantitative estimate of drug-likeness (QED) is 0.755. The van der Waals surface area contributed by atoms with Gasteiger partial charge in [0.15, 0.2) is 11.0 Å². The summed E-state index contributed by atoms with van der Waals surface area (Å²) in [5, 5.41) is 0.693. The zero-order chi connectivity index (χ0) is 19.0. The molecule has 26 heavy (non-hydrogen) atoms. The minimum Gasteiger partial charge on any atom is -0.497 e. The van der Waals surface area contributed by atoms with E-state index in [2.05, 4.69) is 4.99 Å². The van der Waals surface area contributed by atoms with Crippen molar-refractivity contribution in [3.8, 4) is 5.75 Å². The predicted octanol–water partition coefficient (Wildman–Crippen LogP) is 3.42. The zero-order valence-corrected chi connectivity index (χ0v) is 16.1. The SMILES string of the molecule is COC(=O)C1=C(C)N=C2SC(C(C)=O)=C(C)N2[C@@H]1c1ccc(OC)cc1. The summed E-state index contributed by atoms with van der Waals surface area (Å²) in [5.41, 5.74) is 2.74. The van der Waals surface area contributed by atoms with Gasteiger partial charge in [0, 0.05) is 5.70 Å². The van der Waals surface area contributed by atoms with Crippen molar-refractivity contribution in [1.82, 2.24) is 4.90 Å². The number of methoxy groups -OCH3 is 2. The van der Waals surface area contributed by atoms with Crippen molar-refractivity contribution in [3.05, 3.63) is 51.7 Å². The number of benzene rings is 1. The first kappa shape index (κ1) is 18.3. The molecule has 0 unspecified atom stereocenters. The van der Waals surface area contributed by atoms with Gasteiger partial charge in [0.1, 0.15) is 5.75 Å². The lowest BCUT2D eigenvalue weighted by Gasteiger charge is -2.35. The highest BCUT2D eigenvalue weighted by atomic mass is 32.2. The van der Waals surface area contributed by atoms with Crippen LogP contribution in [0.3, 0.4) is 0 Å². The van der Waals surface area contributed by atoms with Crippen LogP contribution in [0.2, 0.25) is 0 Å². The molecule has 7 heteroatoms. The first-order valence-electron chi connectivity index (χ1n) is 8.09. The highest BCUT2D eigenvalue weighted by Gasteiger charge is 2.42. The second kappa shape index (κ2) is 6.99. The molecule has 3 rings (SSSR count). The molecule has 2 heterocycles. The number of hydrogen-bond donors (Lipinski definition) is 0. The van der Waals surface area contributed by atoms with Crippen LogP contribution in [0.5, 0.6) is 5.75 Å². The molecular formula is C19H20N2O4S. The molecule has 0 aromatic heterocycles. The molecule has 0 saturated carbocycles. The highest BCUT2D eigenvalue weighted by molar-refractivity contribution is 8.18. The first-order valence-corrected chi connectivity index (χ1v) is 8.91. The first-order chi connectivity index (χ1) is 12.4. The highest BCUT2D eigenvalue weighted by Crippen LogP contribution is 2.47. The van der Waals surface area contributed by atoms with Gasteiger partial charge < -0.3 is 14.4 Å². The molecule has 0 bridgehead atoms. The minimum atomic E-state index is -0.430. The summed E-state index contributed by atoms with van der Waals surface area (Å²) in [7, 11) is 2.96. The van der Waals surface area contributed by atoms with E-state index in [1.54, 1.807) is 14.0 Å². The van der Waals surface area contributed by atoms with Crippen LogP contribution in [0, 0.1) is 0 Å². The number of carbonyl (C=O) groups excluding carboxylic acids is 2. The maximum absolute atomic E-state index is 12.5. The lowest BCUT2D eigenvalue weighted by atomic mass is 9.94. The molecule has 0 amide bonds. The number of Topliss-reactive ketones (excluding diaryl/α,β-unsaturated/α-hetero) is 1. The Kier molecular flexibility index (Phi) is 4.91. The van der Waals surface area contributed by atoms with E-state index in [1.807, 2.05) is 36.1 Å². The molecule has 2 aliphatic heterocycles. The smallest absolute Gasteiger partial charge is 0.338 e. The topological polar surface area (TPSA) is 68.2 Å². The second-order valence-electron chi connectivity index (χ2n) is 6.00. The molecule has 0 radical (unpaired) electrons. The molecule has 0 spiro atoms. The molecule has 136 valence electrons. The molecule has 0 fully saturated rings. The minimum absolute atomic E-state index is 0.0182. The van der Waals surface area contributed by atoms with Gasteiger partial charge in [-0.15, -0.1) is 0 Å². The van der Waals surface area contributed by atoms with Crippen LogP contribution >= 0.6 is 11.8 Å². The van der Waals surface area contributed by atoms with E-state index in [0.29, 0.717) is 21.3 Å². The van der Waals surface area contributed by atoms with Gasteiger partial charge in [0.05, 0.1) is 36.4 Å². The van der Waals surface area contributed by atoms with Crippen LogP contribution in [0.15, 0.2) is 51.1 Å². The summed E-state index contributed by atoms with van der Waals surface area (Å²) in [6.07, 6.45) is 0. The molecular weight excluding hydrogens is 352 g/mol. The summed E-state index contributed by atoms with van der Waals surface area (Å²) < 4.78 is 10.2. The Morgan fingerprint density at radius 2 is 1.81 bits per heavy atom. The van der Waals surface area contributed by atoms with Gasteiger partial charge in [-0.05, 0) is 50.2 Å². The maximum atomic E-state index is 12.5. The van der Waals surface area contributed by atoms with Crippen molar-refractivity contribution in [3.63, 3.8) is 0 Å². The van der Waals surface area contributed by atoms with Gasteiger partial charge >= 0.3 is 5.97 Å². The van der Waals surface area contributed by atoms with Gasteiger partial charge in [-0.25, -0.2) is 9.79 Å². The number of aliphatic imine (C=N–C) groups is 1. The number of esters is 1. The summed E-state index contributed by atoms with van der Waals surface area (Å²) in [6.45, 7) is 5.20. The summed E-state index contributed by atoms with van der Waals surface area (Å²) in [5.74, 6) is 0.279. The number of carbonyl (C=O) groups is 2. The van der Waals surface area contributed by atoms with E-state index < -0.39 is 12.0 Å². The zero-order valence-electron chi connectivity index (χ0n) is 15.3. The molecule has 1 aromatic rings. The van der Waals surface area contributed by atoms with E-state index in [1.165, 1.54) is 25.8 Å². The fourth-order valence-corrected chi connectivity index (χ4v) is 4.27. The maximum Gasteiger partial charge on any atom is 0.338 e. The fourth-order valence-electron chi connectivity index (χ4n) is 3.18. The lowest BCUT2D eigenvalue weighted by Crippen LogP contribution is -2.35. The van der Waals surface area contributed by atoms with E-state index >= 15 is 0 Å². The molecule has 1 aromatic carbocycles. The summed E-state index contributed by atoms with van der Waals surface area (Å²) >= 11 is 1.34. The molecule has 0 saturated heterocycles. The molecule has 0 aliphatic carbocycles.